The summed E-state index contributed by atoms with van der Waals surface area (Å²) in [6, 6.07) is 5.90. The van der Waals surface area contributed by atoms with Gasteiger partial charge in [0.2, 0.25) is 0 Å². The summed E-state index contributed by atoms with van der Waals surface area (Å²) in [7, 11) is 0. The number of nitro benzene ring substituents is 1. The second-order valence-electron chi connectivity index (χ2n) is 8.85. The predicted molar refractivity (Wildman–Crippen MR) is 137 cm³/mol. The summed E-state index contributed by atoms with van der Waals surface area (Å²) < 4.78 is 27.8. The lowest BCUT2D eigenvalue weighted by Crippen LogP contribution is -2.61. The Kier molecular flexibility index (Phi) is 10.0. The Hall–Kier alpha value is -5.19. The molecule has 5 atom stereocenters. The van der Waals surface area contributed by atoms with Crippen LogP contribution in [0, 0.1) is 10.1 Å². The minimum Gasteiger partial charge on any atom is -0.463 e. The Labute approximate surface area is 236 Å². The van der Waals surface area contributed by atoms with Gasteiger partial charge in [0.15, 0.2) is 24.5 Å². The zero-order valence-electron chi connectivity index (χ0n) is 22.7. The Morgan fingerprint density at radius 3 is 2.00 bits per heavy atom. The normalized spacial score (nSPS) is 21.4. The Balaban J connectivity index is 1.98. The minimum absolute atomic E-state index is 0.0474. The molecule has 1 saturated heterocycles. The van der Waals surface area contributed by atoms with Crippen molar-refractivity contribution >= 4 is 41.3 Å². The van der Waals surface area contributed by atoms with E-state index in [-0.39, 0.29) is 17.1 Å². The third kappa shape index (κ3) is 7.94. The molecule has 5 unspecified atom stereocenters. The van der Waals surface area contributed by atoms with Crippen LogP contribution in [0.1, 0.15) is 44.3 Å². The number of nitrogens with one attached hydrogen (secondary N) is 1. The number of anilines is 1. The van der Waals surface area contributed by atoms with Gasteiger partial charge in [-0.15, -0.1) is 0 Å². The number of benzene rings is 1. The van der Waals surface area contributed by atoms with Crippen LogP contribution in [0.3, 0.4) is 0 Å². The third-order valence-corrected chi connectivity index (χ3v) is 5.65. The molecular weight excluding hydrogens is 564 g/mol. The van der Waals surface area contributed by atoms with Gasteiger partial charge in [-0.1, -0.05) is 0 Å². The summed E-state index contributed by atoms with van der Waals surface area (Å²) in [5.41, 5.74) is -1.19. The van der Waals surface area contributed by atoms with Gasteiger partial charge in [0, 0.05) is 51.6 Å². The van der Waals surface area contributed by atoms with Crippen LogP contribution < -0.4 is 11.0 Å². The molecule has 3 rings (SSSR count). The Bertz CT molecular complexity index is 1440. The van der Waals surface area contributed by atoms with Crippen molar-refractivity contribution in [2.45, 2.75) is 58.3 Å². The smallest absolute Gasteiger partial charge is 0.351 e. The molecule has 0 aliphatic carbocycles. The van der Waals surface area contributed by atoms with Gasteiger partial charge in [-0.05, 0) is 18.2 Å². The van der Waals surface area contributed by atoms with Gasteiger partial charge in [-0.2, -0.15) is 4.98 Å². The van der Waals surface area contributed by atoms with Crippen LogP contribution in [0.5, 0.6) is 0 Å². The van der Waals surface area contributed by atoms with Crippen molar-refractivity contribution < 1.29 is 52.6 Å². The SMILES string of the molecule is CC(=O)OCC1OC(n2ccc(NC(=O)c3ccc([N+](=O)[O-])cc3)nc2=O)C(OC(C)=O)C(OC(C)=O)C1OC(C)=O. The molecule has 1 aromatic carbocycles. The van der Waals surface area contributed by atoms with E-state index in [4.69, 9.17) is 23.7 Å². The van der Waals surface area contributed by atoms with Crippen LogP contribution >= 0.6 is 0 Å². The van der Waals surface area contributed by atoms with Crippen molar-refractivity contribution in [3.05, 3.63) is 62.7 Å². The Morgan fingerprint density at radius 2 is 1.48 bits per heavy atom. The molecule has 17 heteroatoms. The number of ether oxygens (including phenoxy) is 5. The molecule has 0 radical (unpaired) electrons. The number of carbonyl (C=O) groups is 5. The average Bonchev–Trinajstić information content (AvgIpc) is 2.89. The highest BCUT2D eigenvalue weighted by Gasteiger charge is 2.53. The van der Waals surface area contributed by atoms with Gasteiger partial charge in [0.1, 0.15) is 18.5 Å². The lowest BCUT2D eigenvalue weighted by Gasteiger charge is -2.44. The van der Waals surface area contributed by atoms with E-state index < -0.39 is 77.6 Å². The second kappa shape index (κ2) is 13.4. The van der Waals surface area contributed by atoms with Crippen LogP contribution in [0.25, 0.3) is 0 Å². The number of amides is 1. The van der Waals surface area contributed by atoms with Crippen molar-refractivity contribution in [3.63, 3.8) is 0 Å². The van der Waals surface area contributed by atoms with Crippen LogP contribution in [-0.4, -0.2) is 75.3 Å². The monoisotopic (exact) mass is 590 g/mol. The number of esters is 4. The van der Waals surface area contributed by atoms with E-state index in [1.165, 1.54) is 18.2 Å². The van der Waals surface area contributed by atoms with Gasteiger partial charge in [0.05, 0.1) is 4.92 Å². The molecule has 1 N–H and O–H groups in total. The maximum absolute atomic E-state index is 13.1. The molecule has 1 aromatic heterocycles. The highest BCUT2D eigenvalue weighted by molar-refractivity contribution is 6.03. The molecule has 1 amide bonds. The average molecular weight is 590 g/mol. The van der Waals surface area contributed by atoms with E-state index in [0.717, 1.165) is 50.6 Å². The number of hydrogen-bond acceptors (Lipinski definition) is 14. The van der Waals surface area contributed by atoms with E-state index in [1.807, 2.05) is 0 Å². The van der Waals surface area contributed by atoms with Crippen LogP contribution in [0.4, 0.5) is 11.5 Å². The summed E-state index contributed by atoms with van der Waals surface area (Å²) >= 11 is 0. The van der Waals surface area contributed by atoms with Gasteiger partial charge < -0.3 is 29.0 Å². The zero-order valence-corrected chi connectivity index (χ0v) is 22.7. The zero-order chi connectivity index (χ0) is 31.1. The summed E-state index contributed by atoms with van der Waals surface area (Å²) in [4.78, 5) is 87.0. The molecule has 17 nitrogen and oxygen atoms in total. The summed E-state index contributed by atoms with van der Waals surface area (Å²) in [5.74, 6) is -4.17. The quantitative estimate of drug-likeness (QED) is 0.183. The fourth-order valence-electron chi connectivity index (χ4n) is 4.03. The van der Waals surface area contributed by atoms with Crippen molar-refractivity contribution in [2.75, 3.05) is 11.9 Å². The molecule has 2 aromatic rings. The minimum atomic E-state index is -1.55. The lowest BCUT2D eigenvalue weighted by atomic mass is 9.97. The van der Waals surface area contributed by atoms with Crippen molar-refractivity contribution in [1.82, 2.24) is 9.55 Å². The summed E-state index contributed by atoms with van der Waals surface area (Å²) in [6.45, 7) is 3.78. The molecule has 1 fully saturated rings. The molecule has 0 spiro atoms. The molecule has 42 heavy (non-hydrogen) atoms. The van der Waals surface area contributed by atoms with Crippen molar-refractivity contribution in [1.29, 1.82) is 0 Å². The number of non-ortho nitro benzene ring substituents is 1. The number of hydrogen-bond donors (Lipinski definition) is 1. The summed E-state index contributed by atoms with van der Waals surface area (Å²) in [5, 5.41) is 13.2. The first-order valence-corrected chi connectivity index (χ1v) is 12.2. The fraction of sp³-hybridized carbons (Fsp3) is 0.400. The van der Waals surface area contributed by atoms with E-state index in [1.54, 1.807) is 0 Å². The Morgan fingerprint density at radius 1 is 0.905 bits per heavy atom. The highest BCUT2D eigenvalue weighted by Crippen LogP contribution is 2.34. The molecule has 1 aliphatic heterocycles. The first kappa shape index (κ1) is 31.3. The number of nitrogens with zero attached hydrogens (tertiary/aromatic N) is 3. The predicted octanol–water partition coefficient (Wildman–Crippen LogP) is 0.659. The second-order valence-corrected chi connectivity index (χ2v) is 8.85. The number of aromatic nitrogens is 2. The topological polar surface area (TPSA) is 222 Å². The first-order valence-electron chi connectivity index (χ1n) is 12.2. The highest BCUT2D eigenvalue weighted by atomic mass is 16.7. The van der Waals surface area contributed by atoms with Crippen LogP contribution in [0.2, 0.25) is 0 Å². The molecule has 1 aliphatic rings. The molecule has 0 saturated carbocycles. The number of rotatable bonds is 9. The molecule has 2 heterocycles. The fourth-order valence-corrected chi connectivity index (χ4v) is 4.03. The van der Waals surface area contributed by atoms with E-state index in [2.05, 4.69) is 10.3 Å². The molecular formula is C25H26N4O13. The van der Waals surface area contributed by atoms with E-state index >= 15 is 0 Å². The van der Waals surface area contributed by atoms with Gasteiger partial charge >= 0.3 is 29.6 Å². The largest absolute Gasteiger partial charge is 0.463 e. The lowest BCUT2D eigenvalue weighted by molar-refractivity contribution is -0.384. The van der Waals surface area contributed by atoms with Crippen molar-refractivity contribution in [3.8, 4) is 0 Å². The van der Waals surface area contributed by atoms with E-state index in [9.17, 15) is 38.9 Å². The first-order chi connectivity index (χ1) is 19.8. The van der Waals surface area contributed by atoms with Crippen molar-refractivity contribution in [2.24, 2.45) is 0 Å². The third-order valence-electron chi connectivity index (χ3n) is 5.65. The summed E-state index contributed by atoms with van der Waals surface area (Å²) in [6.07, 6.45) is -6.18. The van der Waals surface area contributed by atoms with E-state index in [0.29, 0.717) is 0 Å². The number of carbonyl (C=O) groups excluding carboxylic acids is 5. The van der Waals surface area contributed by atoms with Gasteiger partial charge in [-0.25, -0.2) is 4.79 Å². The maximum Gasteiger partial charge on any atom is 0.351 e. The molecule has 224 valence electrons. The maximum atomic E-state index is 13.1. The number of nitro groups is 1. The van der Waals surface area contributed by atoms with Crippen LogP contribution in [0.15, 0.2) is 41.3 Å². The van der Waals surface area contributed by atoms with Gasteiger partial charge in [-0.3, -0.25) is 38.7 Å². The van der Waals surface area contributed by atoms with Crippen LogP contribution in [-0.2, 0) is 42.9 Å². The van der Waals surface area contributed by atoms with Gasteiger partial charge in [0.25, 0.3) is 11.6 Å². The standard InChI is InChI=1S/C25H26N4O13/c1-12(30)38-11-18-20(39-13(2)31)21(40-14(3)32)22(41-15(4)33)24(42-18)28-10-9-19(27-25(28)35)26-23(34)16-5-7-17(8-6-16)29(36)37/h5-10,18,20-22,24H,11H2,1-4H3,(H,26,27,34,35). The molecule has 0 bridgehead atoms.